The Bertz CT molecular complexity index is 287. The zero-order valence-corrected chi connectivity index (χ0v) is 12.9. The lowest BCUT2D eigenvalue weighted by Crippen LogP contribution is -2.51. The molecular formula is C15H29NO2. The van der Waals surface area contributed by atoms with Crippen LogP contribution in [0.25, 0.3) is 0 Å². The van der Waals surface area contributed by atoms with Gasteiger partial charge in [0.1, 0.15) is 5.72 Å². The second-order valence-electron chi connectivity index (χ2n) is 5.72. The summed E-state index contributed by atoms with van der Waals surface area (Å²) in [6, 6.07) is 0.277. The van der Waals surface area contributed by atoms with Gasteiger partial charge in [-0.05, 0) is 34.7 Å². The Morgan fingerprint density at radius 2 is 1.78 bits per heavy atom. The predicted molar refractivity (Wildman–Crippen MR) is 76.2 cm³/mol. The van der Waals surface area contributed by atoms with Gasteiger partial charge in [-0.1, -0.05) is 13.8 Å². The van der Waals surface area contributed by atoms with E-state index in [4.69, 9.17) is 4.74 Å². The van der Waals surface area contributed by atoms with Crippen molar-refractivity contribution in [1.82, 2.24) is 4.90 Å². The van der Waals surface area contributed by atoms with Crippen molar-refractivity contribution in [3.8, 4) is 11.8 Å². The lowest BCUT2D eigenvalue weighted by atomic mass is 10.2. The van der Waals surface area contributed by atoms with Gasteiger partial charge in [0, 0.05) is 18.4 Å². The van der Waals surface area contributed by atoms with Crippen LogP contribution >= 0.6 is 0 Å². The Morgan fingerprint density at radius 3 is 2.22 bits per heavy atom. The molecule has 0 aliphatic rings. The molecule has 2 unspecified atom stereocenters. The van der Waals surface area contributed by atoms with Crippen LogP contribution < -0.4 is 0 Å². The highest BCUT2D eigenvalue weighted by Gasteiger charge is 2.28. The minimum absolute atomic E-state index is 0.0447. The molecule has 18 heavy (non-hydrogen) atoms. The molecule has 106 valence electrons. The molecule has 2 atom stereocenters. The number of hydrogen-bond acceptors (Lipinski definition) is 3. The third-order valence-corrected chi connectivity index (χ3v) is 2.96. The number of hydrogen-bond donors (Lipinski definition) is 1. The smallest absolute Gasteiger partial charge is 0.139 e. The van der Waals surface area contributed by atoms with Gasteiger partial charge in [0.2, 0.25) is 0 Å². The van der Waals surface area contributed by atoms with Crippen molar-refractivity contribution in [1.29, 1.82) is 0 Å². The number of likely N-dealkylation sites (N-methyl/N-ethyl adjacent to an activating group) is 1. The molecule has 3 heteroatoms. The highest BCUT2D eigenvalue weighted by Crippen LogP contribution is 2.14. The summed E-state index contributed by atoms with van der Waals surface area (Å²) < 4.78 is 5.67. The number of ether oxygens (including phenoxy) is 1. The Labute approximate surface area is 113 Å². The van der Waals surface area contributed by atoms with Crippen LogP contribution in [0.2, 0.25) is 0 Å². The molecule has 0 aromatic heterocycles. The minimum atomic E-state index is -0.937. The fraction of sp³-hybridized carbons (Fsp3) is 0.867. The number of rotatable bonds is 6. The van der Waals surface area contributed by atoms with E-state index in [9.17, 15) is 5.11 Å². The predicted octanol–water partition coefficient (Wildman–Crippen LogP) is 2.49. The maximum Gasteiger partial charge on any atom is 0.139 e. The van der Waals surface area contributed by atoms with Crippen molar-refractivity contribution in [3.05, 3.63) is 0 Å². The molecule has 0 spiro atoms. The summed E-state index contributed by atoms with van der Waals surface area (Å²) in [5.41, 5.74) is -0.937. The molecule has 0 aromatic rings. The quantitative estimate of drug-likeness (QED) is 0.584. The van der Waals surface area contributed by atoms with Crippen LogP contribution in [0, 0.1) is 17.8 Å². The van der Waals surface area contributed by atoms with E-state index >= 15 is 0 Å². The third kappa shape index (κ3) is 7.00. The SMILES string of the molecule is CC(C)C#CCC(C)OCC(C)(O)N(C)C(C)C. The summed E-state index contributed by atoms with van der Waals surface area (Å²) in [5, 5.41) is 10.3. The summed E-state index contributed by atoms with van der Waals surface area (Å²) >= 11 is 0. The third-order valence-electron chi connectivity index (χ3n) is 2.96. The zero-order valence-electron chi connectivity index (χ0n) is 12.9. The Balaban J connectivity index is 4.13. The maximum atomic E-state index is 10.3. The molecular weight excluding hydrogens is 226 g/mol. The lowest BCUT2D eigenvalue weighted by molar-refractivity contribution is -0.150. The molecule has 0 heterocycles. The number of nitrogens with zero attached hydrogens (tertiary/aromatic N) is 1. The van der Waals surface area contributed by atoms with Gasteiger partial charge in [0.25, 0.3) is 0 Å². The van der Waals surface area contributed by atoms with Crippen molar-refractivity contribution in [2.24, 2.45) is 5.92 Å². The fourth-order valence-electron chi connectivity index (χ4n) is 1.42. The normalized spacial score (nSPS) is 16.6. The first-order valence-corrected chi connectivity index (χ1v) is 6.72. The van der Waals surface area contributed by atoms with E-state index in [-0.39, 0.29) is 12.1 Å². The summed E-state index contributed by atoms with van der Waals surface area (Å²) in [6.07, 6.45) is 0.753. The molecule has 0 rings (SSSR count). The van der Waals surface area contributed by atoms with Gasteiger partial charge < -0.3 is 9.84 Å². The monoisotopic (exact) mass is 255 g/mol. The average molecular weight is 255 g/mol. The zero-order chi connectivity index (χ0) is 14.3. The summed E-state index contributed by atoms with van der Waals surface area (Å²) in [7, 11) is 1.90. The van der Waals surface area contributed by atoms with E-state index in [0.717, 1.165) is 0 Å². The second kappa shape index (κ2) is 7.78. The Kier molecular flexibility index (Phi) is 7.54. The molecule has 0 saturated heterocycles. The molecule has 0 bridgehead atoms. The number of aliphatic hydroxyl groups is 1. The van der Waals surface area contributed by atoms with Gasteiger partial charge in [-0.25, -0.2) is 0 Å². The van der Waals surface area contributed by atoms with Gasteiger partial charge in [-0.2, -0.15) is 0 Å². The van der Waals surface area contributed by atoms with E-state index in [1.165, 1.54) is 0 Å². The highest BCUT2D eigenvalue weighted by atomic mass is 16.5. The van der Waals surface area contributed by atoms with Gasteiger partial charge in [0.15, 0.2) is 0 Å². The maximum absolute atomic E-state index is 10.3. The second-order valence-corrected chi connectivity index (χ2v) is 5.72. The summed E-state index contributed by atoms with van der Waals surface area (Å²) in [4.78, 5) is 1.90. The van der Waals surface area contributed by atoms with Crippen LogP contribution in [0.5, 0.6) is 0 Å². The van der Waals surface area contributed by atoms with Crippen LogP contribution in [-0.4, -0.2) is 41.5 Å². The standard InChI is InChI=1S/C15H29NO2/c1-12(2)9-8-10-14(5)18-11-15(6,17)16(7)13(3)4/h12-14,17H,10-11H2,1-7H3. The van der Waals surface area contributed by atoms with Crippen LogP contribution in [0.3, 0.4) is 0 Å². The Hall–Kier alpha value is -0.560. The van der Waals surface area contributed by atoms with Crippen LogP contribution in [-0.2, 0) is 4.74 Å². The first-order valence-electron chi connectivity index (χ1n) is 6.72. The van der Waals surface area contributed by atoms with Gasteiger partial charge in [0.05, 0.1) is 12.7 Å². The van der Waals surface area contributed by atoms with Crippen molar-refractivity contribution >= 4 is 0 Å². The van der Waals surface area contributed by atoms with E-state index in [2.05, 4.69) is 25.7 Å². The van der Waals surface area contributed by atoms with E-state index < -0.39 is 5.72 Å². The van der Waals surface area contributed by atoms with E-state index in [1.807, 2.05) is 32.7 Å². The summed E-state index contributed by atoms with van der Waals surface area (Å²) in [5.74, 6) is 6.61. The molecule has 3 nitrogen and oxygen atoms in total. The lowest BCUT2D eigenvalue weighted by Gasteiger charge is -2.37. The molecule has 0 aromatic carbocycles. The molecule has 0 amide bonds. The minimum Gasteiger partial charge on any atom is -0.373 e. The van der Waals surface area contributed by atoms with Crippen molar-refractivity contribution in [3.63, 3.8) is 0 Å². The molecule has 0 aliphatic heterocycles. The topological polar surface area (TPSA) is 32.7 Å². The van der Waals surface area contributed by atoms with Crippen LogP contribution in [0.15, 0.2) is 0 Å². The van der Waals surface area contributed by atoms with Crippen molar-refractivity contribution < 1.29 is 9.84 Å². The van der Waals surface area contributed by atoms with Crippen molar-refractivity contribution in [2.45, 2.75) is 65.8 Å². The van der Waals surface area contributed by atoms with E-state index in [1.54, 1.807) is 6.92 Å². The summed E-state index contributed by atoms with van der Waals surface area (Å²) in [6.45, 7) is 12.3. The van der Waals surface area contributed by atoms with Crippen LogP contribution in [0.4, 0.5) is 0 Å². The van der Waals surface area contributed by atoms with Gasteiger partial charge >= 0.3 is 0 Å². The molecule has 0 saturated carbocycles. The average Bonchev–Trinajstić information content (AvgIpc) is 2.24. The largest absolute Gasteiger partial charge is 0.373 e. The van der Waals surface area contributed by atoms with Crippen LogP contribution in [0.1, 0.15) is 48.0 Å². The van der Waals surface area contributed by atoms with E-state index in [0.29, 0.717) is 18.9 Å². The first-order chi connectivity index (χ1) is 8.16. The highest BCUT2D eigenvalue weighted by molar-refractivity contribution is 5.02. The molecule has 0 radical (unpaired) electrons. The van der Waals surface area contributed by atoms with Crippen molar-refractivity contribution in [2.75, 3.05) is 13.7 Å². The molecule has 0 aliphatic carbocycles. The molecule has 1 N–H and O–H groups in total. The fourth-order valence-corrected chi connectivity index (χ4v) is 1.42. The Morgan fingerprint density at radius 1 is 1.22 bits per heavy atom. The van der Waals surface area contributed by atoms with Gasteiger partial charge in [-0.15, -0.1) is 11.8 Å². The van der Waals surface area contributed by atoms with Gasteiger partial charge in [-0.3, -0.25) is 4.90 Å². The first kappa shape index (κ1) is 17.4. The molecule has 0 fully saturated rings.